The van der Waals surface area contributed by atoms with Crippen LogP contribution in [0.4, 0.5) is 0 Å². The van der Waals surface area contributed by atoms with Crippen LogP contribution >= 0.6 is 22.7 Å². The minimum absolute atomic E-state index is 0.395. The first-order valence-electron chi connectivity index (χ1n) is 6.22. The molecule has 0 fully saturated rings. The number of aryl methyl sites for hydroxylation is 1. The van der Waals surface area contributed by atoms with Crippen molar-refractivity contribution in [2.45, 2.75) is 25.8 Å². The number of hydrogen-bond donors (Lipinski definition) is 1. The minimum Gasteiger partial charge on any atom is -0.496 e. The number of ether oxygens (including phenoxy) is 1. The third-order valence-corrected chi connectivity index (χ3v) is 4.85. The number of methoxy groups -OCH3 is 1. The summed E-state index contributed by atoms with van der Waals surface area (Å²) in [6, 6.07) is 6.77. The van der Waals surface area contributed by atoms with Gasteiger partial charge in [-0.15, -0.1) is 22.7 Å². The Hall–Kier alpha value is -0.840. The fraction of sp³-hybridized carbons (Fsp3) is 0.429. The second kappa shape index (κ2) is 6.92. The van der Waals surface area contributed by atoms with Crippen molar-refractivity contribution >= 4 is 22.7 Å². The summed E-state index contributed by atoms with van der Waals surface area (Å²) in [6.07, 6.45) is 2.24. The van der Waals surface area contributed by atoms with E-state index in [1.807, 2.05) is 11.3 Å². The lowest BCUT2D eigenvalue weighted by Gasteiger charge is -2.17. The third kappa shape index (κ3) is 3.34. The molecule has 0 saturated heterocycles. The zero-order valence-electron chi connectivity index (χ0n) is 10.8. The molecule has 0 spiro atoms. The largest absolute Gasteiger partial charge is 0.496 e. The van der Waals surface area contributed by atoms with Gasteiger partial charge in [-0.25, -0.2) is 0 Å². The zero-order valence-corrected chi connectivity index (χ0v) is 12.4. The third-order valence-electron chi connectivity index (χ3n) is 2.90. The highest BCUT2D eigenvalue weighted by Crippen LogP contribution is 2.33. The van der Waals surface area contributed by atoms with Crippen molar-refractivity contribution < 1.29 is 4.74 Å². The van der Waals surface area contributed by atoms with E-state index in [4.69, 9.17) is 4.74 Å². The van der Waals surface area contributed by atoms with Crippen molar-refractivity contribution in [1.82, 2.24) is 5.32 Å². The Balaban J connectivity index is 2.03. The highest BCUT2D eigenvalue weighted by molar-refractivity contribution is 7.10. The smallest absolute Gasteiger partial charge is 0.134 e. The number of hydrogen-bond acceptors (Lipinski definition) is 4. The van der Waals surface area contributed by atoms with Gasteiger partial charge in [0, 0.05) is 10.9 Å². The monoisotopic (exact) mass is 281 g/mol. The summed E-state index contributed by atoms with van der Waals surface area (Å²) < 4.78 is 5.42. The van der Waals surface area contributed by atoms with Crippen molar-refractivity contribution in [3.8, 4) is 5.75 Å². The fourth-order valence-corrected chi connectivity index (χ4v) is 3.74. The fourth-order valence-electron chi connectivity index (χ4n) is 2.05. The summed E-state index contributed by atoms with van der Waals surface area (Å²) in [5.41, 5.74) is 0. The summed E-state index contributed by atoms with van der Waals surface area (Å²) in [7, 11) is 1.74. The summed E-state index contributed by atoms with van der Waals surface area (Å²) in [5, 5.41) is 7.80. The van der Waals surface area contributed by atoms with E-state index in [9.17, 15) is 0 Å². The molecule has 4 heteroatoms. The van der Waals surface area contributed by atoms with E-state index in [0.717, 1.165) is 25.1 Å². The number of nitrogens with one attached hydrogen (secondary N) is 1. The molecule has 2 rings (SSSR count). The summed E-state index contributed by atoms with van der Waals surface area (Å²) in [5.74, 6) is 1.01. The van der Waals surface area contributed by atoms with Crippen LogP contribution in [0, 0.1) is 0 Å². The van der Waals surface area contributed by atoms with Gasteiger partial charge in [0.2, 0.25) is 0 Å². The maximum Gasteiger partial charge on any atom is 0.134 e. The van der Waals surface area contributed by atoms with E-state index in [-0.39, 0.29) is 0 Å². The molecular formula is C14H19NOS2. The van der Waals surface area contributed by atoms with Crippen LogP contribution in [0.3, 0.4) is 0 Å². The van der Waals surface area contributed by atoms with Gasteiger partial charge in [-0.2, -0.15) is 0 Å². The average Bonchev–Trinajstić information content (AvgIpc) is 3.04. The highest BCUT2D eigenvalue weighted by Gasteiger charge is 2.16. The SMILES string of the molecule is CCNC(CCc1cccs1)c1sccc1OC. The van der Waals surface area contributed by atoms with Crippen molar-refractivity contribution in [1.29, 1.82) is 0 Å². The summed E-state index contributed by atoms with van der Waals surface area (Å²) >= 11 is 3.61. The summed E-state index contributed by atoms with van der Waals surface area (Å²) in [4.78, 5) is 2.77. The van der Waals surface area contributed by atoms with Crippen LogP contribution in [0.2, 0.25) is 0 Å². The highest BCUT2D eigenvalue weighted by atomic mass is 32.1. The molecule has 0 aromatic carbocycles. The van der Waals surface area contributed by atoms with Gasteiger partial charge in [-0.3, -0.25) is 0 Å². The van der Waals surface area contributed by atoms with Gasteiger partial charge >= 0.3 is 0 Å². The van der Waals surface area contributed by atoms with E-state index < -0.39 is 0 Å². The average molecular weight is 281 g/mol. The first kappa shape index (κ1) is 13.6. The maximum absolute atomic E-state index is 5.42. The Morgan fingerprint density at radius 2 is 2.17 bits per heavy atom. The molecule has 0 radical (unpaired) electrons. The Morgan fingerprint density at radius 3 is 2.83 bits per heavy atom. The van der Waals surface area contributed by atoms with E-state index in [0.29, 0.717) is 6.04 Å². The van der Waals surface area contributed by atoms with Crippen LogP contribution in [0.15, 0.2) is 29.0 Å². The molecule has 0 aliphatic heterocycles. The van der Waals surface area contributed by atoms with Gasteiger partial charge < -0.3 is 10.1 Å². The van der Waals surface area contributed by atoms with E-state index in [1.165, 1.54) is 9.75 Å². The van der Waals surface area contributed by atoms with Crippen LogP contribution in [-0.2, 0) is 6.42 Å². The Kier molecular flexibility index (Phi) is 5.23. The lowest BCUT2D eigenvalue weighted by molar-refractivity contribution is 0.401. The summed E-state index contributed by atoms with van der Waals surface area (Å²) in [6.45, 7) is 3.13. The molecule has 0 amide bonds. The molecule has 2 nitrogen and oxygen atoms in total. The normalized spacial score (nSPS) is 12.6. The standard InChI is InChI=1S/C14H19NOS2/c1-3-15-12(7-6-11-5-4-9-17-11)14-13(16-2)8-10-18-14/h4-5,8-10,12,15H,3,6-7H2,1-2H3. The Morgan fingerprint density at radius 1 is 1.28 bits per heavy atom. The van der Waals surface area contributed by atoms with Crippen molar-refractivity contribution in [3.05, 3.63) is 38.7 Å². The van der Waals surface area contributed by atoms with E-state index in [1.54, 1.807) is 18.4 Å². The Bertz CT molecular complexity index is 450. The quantitative estimate of drug-likeness (QED) is 0.825. The van der Waals surface area contributed by atoms with Crippen LogP contribution in [0.5, 0.6) is 5.75 Å². The number of rotatable bonds is 7. The molecule has 1 unspecified atom stereocenters. The molecule has 1 atom stereocenters. The molecule has 2 aromatic heterocycles. The first-order valence-corrected chi connectivity index (χ1v) is 7.98. The Labute approximate surface area is 117 Å². The molecule has 98 valence electrons. The van der Waals surface area contributed by atoms with Gasteiger partial charge in [0.1, 0.15) is 5.75 Å². The minimum atomic E-state index is 0.395. The molecule has 0 aliphatic rings. The van der Waals surface area contributed by atoms with Crippen LogP contribution in [-0.4, -0.2) is 13.7 Å². The second-order valence-corrected chi connectivity index (χ2v) is 6.06. The molecule has 0 aliphatic carbocycles. The predicted octanol–water partition coefficient (Wildman–Crippen LogP) is 4.10. The van der Waals surface area contributed by atoms with Crippen molar-refractivity contribution in [3.63, 3.8) is 0 Å². The van der Waals surface area contributed by atoms with E-state index in [2.05, 4.69) is 41.2 Å². The van der Waals surface area contributed by atoms with Crippen LogP contribution in [0.1, 0.15) is 29.1 Å². The lowest BCUT2D eigenvalue weighted by atomic mass is 10.1. The first-order chi connectivity index (χ1) is 8.85. The van der Waals surface area contributed by atoms with Crippen LogP contribution in [0.25, 0.3) is 0 Å². The molecule has 2 aromatic rings. The van der Waals surface area contributed by atoms with Gasteiger partial charge in [0.15, 0.2) is 0 Å². The topological polar surface area (TPSA) is 21.3 Å². The molecule has 18 heavy (non-hydrogen) atoms. The predicted molar refractivity (Wildman–Crippen MR) is 79.9 cm³/mol. The molecule has 2 heterocycles. The maximum atomic E-state index is 5.42. The van der Waals surface area contributed by atoms with Crippen molar-refractivity contribution in [2.75, 3.05) is 13.7 Å². The molecular weight excluding hydrogens is 262 g/mol. The van der Waals surface area contributed by atoms with Gasteiger partial charge in [-0.05, 0) is 42.3 Å². The number of thiophene rings is 2. The van der Waals surface area contributed by atoms with Gasteiger partial charge in [-0.1, -0.05) is 13.0 Å². The molecule has 1 N–H and O–H groups in total. The van der Waals surface area contributed by atoms with Gasteiger partial charge in [0.25, 0.3) is 0 Å². The van der Waals surface area contributed by atoms with Crippen LogP contribution < -0.4 is 10.1 Å². The molecule has 0 saturated carbocycles. The zero-order chi connectivity index (χ0) is 12.8. The molecule has 0 bridgehead atoms. The van der Waals surface area contributed by atoms with E-state index >= 15 is 0 Å². The van der Waals surface area contributed by atoms with Gasteiger partial charge in [0.05, 0.1) is 12.0 Å². The van der Waals surface area contributed by atoms with Crippen molar-refractivity contribution in [2.24, 2.45) is 0 Å². The second-order valence-electron chi connectivity index (χ2n) is 4.08. The lowest BCUT2D eigenvalue weighted by Crippen LogP contribution is -2.21.